The second kappa shape index (κ2) is 5.21. The van der Waals surface area contributed by atoms with Crippen LogP contribution in [-0.4, -0.2) is 19.2 Å². The molecule has 1 aliphatic rings. The average molecular weight is 234 g/mol. The maximum Gasteiger partial charge on any atom is 0.309 e. The Morgan fingerprint density at radius 2 is 1.94 bits per heavy atom. The highest BCUT2D eigenvalue weighted by molar-refractivity contribution is 5.77. The van der Waals surface area contributed by atoms with E-state index in [1.807, 2.05) is 38.1 Å². The van der Waals surface area contributed by atoms with Gasteiger partial charge in [0.05, 0.1) is 19.1 Å². The molecule has 1 aliphatic carbocycles. The number of rotatable bonds is 5. The van der Waals surface area contributed by atoms with Crippen LogP contribution in [0.1, 0.15) is 31.7 Å². The molecule has 3 nitrogen and oxygen atoms in total. The van der Waals surface area contributed by atoms with Crippen LogP contribution in [0.3, 0.4) is 0 Å². The van der Waals surface area contributed by atoms with E-state index in [0.717, 1.165) is 12.2 Å². The Bertz CT molecular complexity index is 383. The van der Waals surface area contributed by atoms with Gasteiger partial charge >= 0.3 is 5.97 Å². The lowest BCUT2D eigenvalue weighted by atomic mass is 10.1. The second-order valence-electron chi connectivity index (χ2n) is 4.20. The van der Waals surface area contributed by atoms with Gasteiger partial charge in [-0.2, -0.15) is 0 Å². The van der Waals surface area contributed by atoms with E-state index in [0.29, 0.717) is 19.1 Å². The molecule has 0 saturated heterocycles. The maximum absolute atomic E-state index is 11.5. The van der Waals surface area contributed by atoms with E-state index in [1.165, 1.54) is 5.56 Å². The van der Waals surface area contributed by atoms with Gasteiger partial charge in [0.2, 0.25) is 0 Å². The predicted molar refractivity (Wildman–Crippen MR) is 65.1 cm³/mol. The number of ether oxygens (including phenoxy) is 2. The zero-order chi connectivity index (χ0) is 12.3. The Balaban J connectivity index is 1.94. The second-order valence-corrected chi connectivity index (χ2v) is 4.20. The third-order valence-corrected chi connectivity index (χ3v) is 3.00. The molecular weight excluding hydrogens is 216 g/mol. The van der Waals surface area contributed by atoms with Gasteiger partial charge in [0.1, 0.15) is 5.75 Å². The van der Waals surface area contributed by atoms with E-state index in [4.69, 9.17) is 9.47 Å². The molecule has 1 aromatic rings. The Kier molecular flexibility index (Phi) is 3.67. The van der Waals surface area contributed by atoms with Crippen molar-refractivity contribution in [1.82, 2.24) is 0 Å². The summed E-state index contributed by atoms with van der Waals surface area (Å²) < 4.78 is 10.4. The van der Waals surface area contributed by atoms with Crippen LogP contribution in [0.2, 0.25) is 0 Å². The van der Waals surface area contributed by atoms with Gasteiger partial charge in [-0.3, -0.25) is 4.79 Å². The Labute approximate surface area is 102 Å². The zero-order valence-electron chi connectivity index (χ0n) is 10.3. The van der Waals surface area contributed by atoms with E-state index in [2.05, 4.69) is 0 Å². The lowest BCUT2D eigenvalue weighted by Crippen LogP contribution is -2.07. The molecule has 1 aromatic carbocycles. The van der Waals surface area contributed by atoms with Crippen molar-refractivity contribution in [2.45, 2.75) is 26.2 Å². The molecule has 0 radical (unpaired) electrons. The van der Waals surface area contributed by atoms with Crippen LogP contribution >= 0.6 is 0 Å². The highest BCUT2D eigenvalue weighted by Crippen LogP contribution is 2.48. The van der Waals surface area contributed by atoms with Gasteiger partial charge in [-0.05, 0) is 43.9 Å². The van der Waals surface area contributed by atoms with Crippen molar-refractivity contribution in [3.63, 3.8) is 0 Å². The van der Waals surface area contributed by atoms with Crippen molar-refractivity contribution >= 4 is 5.97 Å². The van der Waals surface area contributed by atoms with Gasteiger partial charge in [-0.25, -0.2) is 0 Å². The summed E-state index contributed by atoms with van der Waals surface area (Å²) in [5.74, 6) is 1.22. The number of carbonyl (C=O) groups is 1. The summed E-state index contributed by atoms with van der Waals surface area (Å²) >= 11 is 0. The van der Waals surface area contributed by atoms with Crippen LogP contribution in [0.25, 0.3) is 0 Å². The smallest absolute Gasteiger partial charge is 0.309 e. The monoisotopic (exact) mass is 234 g/mol. The Hall–Kier alpha value is -1.51. The lowest BCUT2D eigenvalue weighted by Gasteiger charge is -2.04. The molecular formula is C14H18O3. The van der Waals surface area contributed by atoms with Crippen molar-refractivity contribution in [2.75, 3.05) is 13.2 Å². The first kappa shape index (κ1) is 12.0. The van der Waals surface area contributed by atoms with Gasteiger partial charge in [-0.15, -0.1) is 0 Å². The topological polar surface area (TPSA) is 35.5 Å². The minimum Gasteiger partial charge on any atom is -0.494 e. The van der Waals surface area contributed by atoms with Crippen molar-refractivity contribution < 1.29 is 14.3 Å². The minimum atomic E-state index is -0.0635. The molecule has 2 rings (SSSR count). The van der Waals surface area contributed by atoms with Gasteiger partial charge in [-0.1, -0.05) is 12.1 Å². The Morgan fingerprint density at radius 3 is 2.53 bits per heavy atom. The molecule has 0 heterocycles. The molecule has 3 heteroatoms. The number of esters is 1. The molecule has 0 N–H and O–H groups in total. The van der Waals surface area contributed by atoms with Gasteiger partial charge in [0, 0.05) is 0 Å². The standard InChI is InChI=1S/C14H18O3/c1-3-16-11-7-5-10(6-8-11)12-9-13(12)14(15)17-4-2/h5-8,12-13H,3-4,9H2,1-2H3/t12-,13-/m1/s1. The molecule has 0 bridgehead atoms. The Morgan fingerprint density at radius 1 is 1.24 bits per heavy atom. The number of hydrogen-bond acceptors (Lipinski definition) is 3. The first-order valence-electron chi connectivity index (χ1n) is 6.15. The molecule has 17 heavy (non-hydrogen) atoms. The normalized spacial score (nSPS) is 22.0. The van der Waals surface area contributed by atoms with Crippen LogP contribution in [0.4, 0.5) is 0 Å². The first-order chi connectivity index (χ1) is 8.26. The van der Waals surface area contributed by atoms with E-state index in [9.17, 15) is 4.79 Å². The summed E-state index contributed by atoms with van der Waals surface area (Å²) in [7, 11) is 0. The van der Waals surface area contributed by atoms with Crippen LogP contribution in [0, 0.1) is 5.92 Å². The third kappa shape index (κ3) is 2.78. The quantitative estimate of drug-likeness (QED) is 0.735. The SMILES string of the molecule is CCOC(=O)[C@@H]1C[C@@H]1c1ccc(OCC)cc1. The molecule has 0 unspecified atom stereocenters. The summed E-state index contributed by atoms with van der Waals surface area (Å²) in [6, 6.07) is 7.99. The first-order valence-corrected chi connectivity index (χ1v) is 6.15. The summed E-state index contributed by atoms with van der Waals surface area (Å²) in [4.78, 5) is 11.5. The molecule has 1 fully saturated rings. The number of benzene rings is 1. The van der Waals surface area contributed by atoms with E-state index in [-0.39, 0.29) is 11.9 Å². The van der Waals surface area contributed by atoms with Crippen molar-refractivity contribution in [1.29, 1.82) is 0 Å². The molecule has 0 amide bonds. The summed E-state index contributed by atoms with van der Waals surface area (Å²) in [5, 5.41) is 0. The summed E-state index contributed by atoms with van der Waals surface area (Å²) in [5.41, 5.74) is 1.20. The van der Waals surface area contributed by atoms with Crippen molar-refractivity contribution in [3.05, 3.63) is 29.8 Å². The van der Waals surface area contributed by atoms with Gasteiger partial charge in [0.15, 0.2) is 0 Å². The fourth-order valence-electron chi connectivity index (χ4n) is 2.05. The molecule has 2 atom stereocenters. The summed E-state index contributed by atoms with van der Waals surface area (Å²) in [6.07, 6.45) is 0.910. The number of hydrogen-bond donors (Lipinski definition) is 0. The van der Waals surface area contributed by atoms with Gasteiger partial charge in [0.25, 0.3) is 0 Å². The van der Waals surface area contributed by atoms with Crippen molar-refractivity contribution in [3.8, 4) is 5.75 Å². The molecule has 0 spiro atoms. The fraction of sp³-hybridized carbons (Fsp3) is 0.500. The minimum absolute atomic E-state index is 0.0629. The zero-order valence-corrected chi connectivity index (χ0v) is 10.3. The largest absolute Gasteiger partial charge is 0.494 e. The molecule has 0 aromatic heterocycles. The molecule has 92 valence electrons. The van der Waals surface area contributed by atoms with Crippen LogP contribution in [0.15, 0.2) is 24.3 Å². The fourth-order valence-corrected chi connectivity index (χ4v) is 2.05. The van der Waals surface area contributed by atoms with Crippen LogP contribution in [0.5, 0.6) is 5.75 Å². The molecule has 0 aliphatic heterocycles. The van der Waals surface area contributed by atoms with Crippen LogP contribution in [-0.2, 0) is 9.53 Å². The lowest BCUT2D eigenvalue weighted by molar-refractivity contribution is -0.144. The predicted octanol–water partition coefficient (Wildman–Crippen LogP) is 2.75. The summed E-state index contributed by atoms with van der Waals surface area (Å²) in [6.45, 7) is 4.94. The molecule has 1 saturated carbocycles. The third-order valence-electron chi connectivity index (χ3n) is 3.00. The highest BCUT2D eigenvalue weighted by atomic mass is 16.5. The van der Waals surface area contributed by atoms with E-state index >= 15 is 0 Å². The van der Waals surface area contributed by atoms with E-state index in [1.54, 1.807) is 0 Å². The number of carbonyl (C=O) groups excluding carboxylic acids is 1. The van der Waals surface area contributed by atoms with Gasteiger partial charge < -0.3 is 9.47 Å². The average Bonchev–Trinajstić information content (AvgIpc) is 3.11. The highest BCUT2D eigenvalue weighted by Gasteiger charge is 2.44. The van der Waals surface area contributed by atoms with E-state index < -0.39 is 0 Å². The maximum atomic E-state index is 11.5. The van der Waals surface area contributed by atoms with Crippen molar-refractivity contribution in [2.24, 2.45) is 5.92 Å². The van der Waals surface area contributed by atoms with Crippen LogP contribution < -0.4 is 4.74 Å².